The third kappa shape index (κ3) is 4.14. The quantitative estimate of drug-likeness (QED) is 0.624. The molecule has 2 amide bonds. The number of carbonyl (C=O) groups is 1. The van der Waals surface area contributed by atoms with E-state index in [2.05, 4.69) is 25.7 Å². The van der Waals surface area contributed by atoms with E-state index in [9.17, 15) is 9.59 Å². The van der Waals surface area contributed by atoms with Gasteiger partial charge in [0.2, 0.25) is 0 Å². The van der Waals surface area contributed by atoms with Crippen LogP contribution in [-0.4, -0.2) is 17.1 Å². The van der Waals surface area contributed by atoms with E-state index in [1.807, 2.05) is 48.5 Å². The van der Waals surface area contributed by atoms with Gasteiger partial charge in [-0.25, -0.2) is 4.79 Å². The Hall–Kier alpha value is -3.34. The molecule has 0 fully saturated rings. The third-order valence-electron chi connectivity index (χ3n) is 4.42. The zero-order valence-corrected chi connectivity index (χ0v) is 16.3. The fourth-order valence-electron chi connectivity index (χ4n) is 3.20. The molecule has 0 radical (unpaired) electrons. The van der Waals surface area contributed by atoms with Gasteiger partial charge in [-0.2, -0.15) is 0 Å². The van der Waals surface area contributed by atoms with E-state index in [1.165, 1.54) is 0 Å². The lowest BCUT2D eigenvalue weighted by Crippen LogP contribution is -2.35. The summed E-state index contributed by atoms with van der Waals surface area (Å²) < 4.78 is 1.67. The first-order valence-corrected chi connectivity index (χ1v) is 9.38. The molecule has 0 aliphatic carbocycles. The van der Waals surface area contributed by atoms with Crippen molar-refractivity contribution in [3.63, 3.8) is 0 Å². The minimum absolute atomic E-state index is 0.0479. The van der Waals surface area contributed by atoms with E-state index in [-0.39, 0.29) is 11.6 Å². The second-order valence-corrected chi connectivity index (χ2v) is 7.10. The summed E-state index contributed by atoms with van der Waals surface area (Å²) in [5.74, 6) is 0.309. The first kappa shape index (κ1) is 19.4. The zero-order valence-electron chi connectivity index (χ0n) is 16.3. The molecule has 0 bridgehead atoms. The smallest absolute Gasteiger partial charge is 0.313 e. The summed E-state index contributed by atoms with van der Waals surface area (Å²) in [6, 6.07) is 16.5. The number of nitrogens with zero attached hydrogens (tertiary/aromatic N) is 2. The number of aromatic nitrogens is 1. The molecule has 144 valence electrons. The predicted octanol–water partition coefficient (Wildman–Crippen LogP) is 4.88. The van der Waals surface area contributed by atoms with Crippen LogP contribution in [0.2, 0.25) is 0 Å². The van der Waals surface area contributed by atoms with Gasteiger partial charge in [-0.3, -0.25) is 9.69 Å². The van der Waals surface area contributed by atoms with Crippen molar-refractivity contribution in [3.05, 3.63) is 83.8 Å². The maximum atomic E-state index is 13.0. The summed E-state index contributed by atoms with van der Waals surface area (Å²) in [6.45, 7) is 8.83. The number of fused-ring (bicyclic) bond motifs is 1. The van der Waals surface area contributed by atoms with Crippen molar-refractivity contribution in [1.29, 1.82) is 0 Å². The first-order valence-electron chi connectivity index (χ1n) is 9.38. The topological polar surface area (TPSA) is 54.3 Å². The van der Waals surface area contributed by atoms with E-state index >= 15 is 0 Å². The summed E-state index contributed by atoms with van der Waals surface area (Å²) in [6.07, 6.45) is 3.42. The number of hydrogen-bond donors (Lipinski definition) is 1. The van der Waals surface area contributed by atoms with E-state index in [1.54, 1.807) is 27.8 Å². The number of amides is 2. The van der Waals surface area contributed by atoms with Crippen LogP contribution in [0.4, 0.5) is 16.2 Å². The summed E-state index contributed by atoms with van der Waals surface area (Å²) in [5.41, 5.74) is 1.35. The Bertz CT molecular complexity index is 1040. The first-order chi connectivity index (χ1) is 13.5. The fourth-order valence-corrected chi connectivity index (χ4v) is 3.20. The Labute approximate surface area is 164 Å². The van der Waals surface area contributed by atoms with Crippen molar-refractivity contribution in [2.75, 3.05) is 16.8 Å². The van der Waals surface area contributed by atoms with Crippen molar-refractivity contribution in [2.24, 2.45) is 5.92 Å². The van der Waals surface area contributed by atoms with Gasteiger partial charge in [0, 0.05) is 35.7 Å². The van der Waals surface area contributed by atoms with Gasteiger partial charge in [-0.15, -0.1) is 6.58 Å². The largest absolute Gasteiger partial charge is 0.326 e. The summed E-state index contributed by atoms with van der Waals surface area (Å²) in [4.78, 5) is 27.4. The number of pyridine rings is 1. The van der Waals surface area contributed by atoms with E-state index < -0.39 is 0 Å². The van der Waals surface area contributed by atoms with Crippen LogP contribution < -0.4 is 15.8 Å². The number of rotatable bonds is 6. The van der Waals surface area contributed by atoms with Gasteiger partial charge < -0.3 is 9.88 Å². The Morgan fingerprint density at radius 3 is 2.39 bits per heavy atom. The van der Waals surface area contributed by atoms with Gasteiger partial charge in [-0.05, 0) is 24.1 Å². The lowest BCUT2D eigenvalue weighted by Gasteiger charge is -2.23. The predicted molar refractivity (Wildman–Crippen MR) is 116 cm³/mol. The molecular formula is C23H25N3O2. The Morgan fingerprint density at radius 1 is 1.11 bits per heavy atom. The van der Waals surface area contributed by atoms with Gasteiger partial charge in [0.15, 0.2) is 0 Å². The summed E-state index contributed by atoms with van der Waals surface area (Å²) >= 11 is 0. The average Bonchev–Trinajstić information content (AvgIpc) is 2.70. The molecule has 0 atom stereocenters. The highest BCUT2D eigenvalue weighted by atomic mass is 16.2. The molecule has 28 heavy (non-hydrogen) atoms. The minimum atomic E-state index is -0.272. The number of nitrogens with one attached hydrogen (secondary N) is 1. The maximum Gasteiger partial charge on any atom is 0.326 e. The van der Waals surface area contributed by atoms with Gasteiger partial charge in [0.25, 0.3) is 5.56 Å². The van der Waals surface area contributed by atoms with Gasteiger partial charge in [-0.1, -0.05) is 56.3 Å². The average molecular weight is 375 g/mol. The molecule has 5 heteroatoms. The highest BCUT2D eigenvalue weighted by Crippen LogP contribution is 2.22. The number of benzene rings is 2. The normalized spacial score (nSPS) is 10.8. The molecule has 2 aromatic carbocycles. The standard InChI is InChI=1S/C23H25N3O2/c1-4-14-26(18-10-6-5-7-11-18)23(28)24-21-16-25(15-17(2)3)22(27)20-13-9-8-12-19(20)21/h4-13,16-17H,1,14-15H2,2-3H3,(H,24,28). The Kier molecular flexibility index (Phi) is 5.94. The van der Waals surface area contributed by atoms with Gasteiger partial charge in [0.05, 0.1) is 5.69 Å². The van der Waals surface area contributed by atoms with Crippen LogP contribution in [0.5, 0.6) is 0 Å². The maximum absolute atomic E-state index is 13.0. The Morgan fingerprint density at radius 2 is 1.75 bits per heavy atom. The van der Waals surface area contributed by atoms with Gasteiger partial charge in [0.1, 0.15) is 0 Å². The lowest BCUT2D eigenvalue weighted by atomic mass is 10.1. The number of para-hydroxylation sites is 1. The van der Waals surface area contributed by atoms with E-state index in [0.29, 0.717) is 30.1 Å². The molecule has 1 heterocycles. The zero-order chi connectivity index (χ0) is 20.1. The van der Waals surface area contributed by atoms with Crippen LogP contribution in [0.15, 0.2) is 78.2 Å². The van der Waals surface area contributed by atoms with Gasteiger partial charge >= 0.3 is 6.03 Å². The van der Waals surface area contributed by atoms with Crippen molar-refractivity contribution in [3.8, 4) is 0 Å². The van der Waals surface area contributed by atoms with Crippen LogP contribution in [0.25, 0.3) is 10.8 Å². The number of anilines is 2. The van der Waals surface area contributed by atoms with Crippen LogP contribution >= 0.6 is 0 Å². The van der Waals surface area contributed by atoms with Crippen molar-refractivity contribution >= 4 is 28.2 Å². The molecular weight excluding hydrogens is 350 g/mol. The lowest BCUT2D eigenvalue weighted by molar-refractivity contribution is 0.257. The molecule has 3 aromatic rings. The van der Waals surface area contributed by atoms with Crippen LogP contribution in [0.3, 0.4) is 0 Å². The van der Waals surface area contributed by atoms with Crippen molar-refractivity contribution in [1.82, 2.24) is 4.57 Å². The summed E-state index contributed by atoms with van der Waals surface area (Å²) in [7, 11) is 0. The Balaban J connectivity index is 2.02. The fraction of sp³-hybridized carbons (Fsp3) is 0.217. The SMILES string of the molecule is C=CCN(C(=O)Nc1cn(CC(C)C)c(=O)c2ccccc12)c1ccccc1. The van der Waals surface area contributed by atoms with Crippen LogP contribution in [0.1, 0.15) is 13.8 Å². The molecule has 0 spiro atoms. The summed E-state index contributed by atoms with van der Waals surface area (Å²) in [5, 5.41) is 4.31. The second-order valence-electron chi connectivity index (χ2n) is 7.10. The number of hydrogen-bond acceptors (Lipinski definition) is 2. The van der Waals surface area contributed by atoms with E-state index in [0.717, 1.165) is 11.1 Å². The monoisotopic (exact) mass is 375 g/mol. The number of carbonyl (C=O) groups excluding carboxylic acids is 1. The highest BCUT2D eigenvalue weighted by Gasteiger charge is 2.17. The van der Waals surface area contributed by atoms with E-state index in [4.69, 9.17) is 0 Å². The minimum Gasteiger partial charge on any atom is -0.313 e. The van der Waals surface area contributed by atoms with Crippen molar-refractivity contribution in [2.45, 2.75) is 20.4 Å². The van der Waals surface area contributed by atoms with Crippen molar-refractivity contribution < 1.29 is 4.79 Å². The van der Waals surface area contributed by atoms with Crippen LogP contribution in [0, 0.1) is 5.92 Å². The second kappa shape index (κ2) is 8.57. The molecule has 0 saturated heterocycles. The molecule has 0 unspecified atom stereocenters. The van der Waals surface area contributed by atoms with Crippen LogP contribution in [-0.2, 0) is 6.54 Å². The molecule has 0 aliphatic rings. The molecule has 3 rings (SSSR count). The third-order valence-corrected chi connectivity index (χ3v) is 4.42. The molecule has 0 saturated carbocycles. The number of urea groups is 1. The molecule has 1 aromatic heterocycles. The molecule has 0 aliphatic heterocycles. The highest BCUT2D eigenvalue weighted by molar-refractivity contribution is 6.07. The molecule has 1 N–H and O–H groups in total. The molecule has 5 nitrogen and oxygen atoms in total.